The van der Waals surface area contributed by atoms with Gasteiger partial charge in [0.15, 0.2) is 0 Å². The SMILES string of the molecule is CCC(N)CC(=O)Cc1ccco1. The van der Waals surface area contributed by atoms with Gasteiger partial charge in [0, 0.05) is 12.5 Å². The lowest BCUT2D eigenvalue weighted by Gasteiger charge is -2.05. The zero-order valence-electron chi connectivity index (χ0n) is 7.82. The smallest absolute Gasteiger partial charge is 0.141 e. The van der Waals surface area contributed by atoms with Gasteiger partial charge >= 0.3 is 0 Å². The molecule has 0 aliphatic heterocycles. The maximum absolute atomic E-state index is 11.3. The molecule has 2 N–H and O–H groups in total. The Bertz CT molecular complexity index is 254. The summed E-state index contributed by atoms with van der Waals surface area (Å²) in [7, 11) is 0. The van der Waals surface area contributed by atoms with Crippen LogP contribution in [0.3, 0.4) is 0 Å². The van der Waals surface area contributed by atoms with Crippen LogP contribution in [0.1, 0.15) is 25.5 Å². The molecule has 1 aromatic rings. The number of rotatable bonds is 5. The summed E-state index contributed by atoms with van der Waals surface area (Å²) >= 11 is 0. The molecule has 1 atom stereocenters. The van der Waals surface area contributed by atoms with E-state index in [4.69, 9.17) is 10.2 Å². The Morgan fingerprint density at radius 3 is 3.00 bits per heavy atom. The van der Waals surface area contributed by atoms with Crippen LogP contribution in [0.4, 0.5) is 0 Å². The fourth-order valence-electron chi connectivity index (χ4n) is 1.12. The van der Waals surface area contributed by atoms with Gasteiger partial charge in [-0.3, -0.25) is 4.79 Å². The molecular formula is C10H15NO2. The highest BCUT2D eigenvalue weighted by Gasteiger charge is 2.09. The lowest BCUT2D eigenvalue weighted by molar-refractivity contribution is -0.119. The Kier molecular flexibility index (Phi) is 3.71. The van der Waals surface area contributed by atoms with Crippen molar-refractivity contribution in [3.8, 4) is 0 Å². The summed E-state index contributed by atoms with van der Waals surface area (Å²) in [5.41, 5.74) is 5.65. The molecule has 0 spiro atoms. The fraction of sp³-hybridized carbons (Fsp3) is 0.500. The van der Waals surface area contributed by atoms with Gasteiger partial charge in [0.25, 0.3) is 0 Å². The average molecular weight is 181 g/mol. The highest BCUT2D eigenvalue weighted by molar-refractivity contribution is 5.80. The van der Waals surface area contributed by atoms with E-state index in [0.717, 1.165) is 6.42 Å². The van der Waals surface area contributed by atoms with Crippen molar-refractivity contribution >= 4 is 5.78 Å². The molecule has 0 saturated heterocycles. The van der Waals surface area contributed by atoms with E-state index in [1.165, 1.54) is 0 Å². The molecule has 3 heteroatoms. The number of carbonyl (C=O) groups is 1. The fourth-order valence-corrected chi connectivity index (χ4v) is 1.12. The Hall–Kier alpha value is -1.09. The van der Waals surface area contributed by atoms with Gasteiger partial charge in [0.05, 0.1) is 12.7 Å². The molecule has 72 valence electrons. The number of hydrogen-bond acceptors (Lipinski definition) is 3. The van der Waals surface area contributed by atoms with Crippen LogP contribution < -0.4 is 5.73 Å². The molecule has 1 aromatic heterocycles. The van der Waals surface area contributed by atoms with Gasteiger partial charge in [-0.15, -0.1) is 0 Å². The molecule has 1 unspecified atom stereocenters. The maximum Gasteiger partial charge on any atom is 0.141 e. The van der Waals surface area contributed by atoms with E-state index in [1.807, 2.05) is 6.92 Å². The summed E-state index contributed by atoms with van der Waals surface area (Å²) in [4.78, 5) is 11.3. The summed E-state index contributed by atoms with van der Waals surface area (Å²) < 4.78 is 5.06. The quantitative estimate of drug-likeness (QED) is 0.749. The van der Waals surface area contributed by atoms with Crippen molar-refractivity contribution in [2.45, 2.75) is 32.2 Å². The number of hydrogen-bond donors (Lipinski definition) is 1. The van der Waals surface area contributed by atoms with Crippen molar-refractivity contribution in [3.63, 3.8) is 0 Å². The second kappa shape index (κ2) is 4.82. The average Bonchev–Trinajstić information content (AvgIpc) is 2.56. The molecule has 0 aliphatic rings. The molecule has 0 fully saturated rings. The second-order valence-electron chi connectivity index (χ2n) is 3.17. The minimum atomic E-state index is -0.0116. The van der Waals surface area contributed by atoms with Crippen LogP contribution in [-0.2, 0) is 11.2 Å². The highest BCUT2D eigenvalue weighted by Crippen LogP contribution is 2.04. The van der Waals surface area contributed by atoms with Gasteiger partial charge < -0.3 is 10.2 Å². The highest BCUT2D eigenvalue weighted by atomic mass is 16.3. The van der Waals surface area contributed by atoms with E-state index < -0.39 is 0 Å². The van der Waals surface area contributed by atoms with Crippen LogP contribution in [0.5, 0.6) is 0 Å². The molecule has 1 heterocycles. The van der Waals surface area contributed by atoms with Gasteiger partial charge in [0.2, 0.25) is 0 Å². The summed E-state index contributed by atoms with van der Waals surface area (Å²) in [6, 6.07) is 3.57. The molecule has 0 bridgehead atoms. The molecular weight excluding hydrogens is 166 g/mol. The Morgan fingerprint density at radius 1 is 1.69 bits per heavy atom. The van der Waals surface area contributed by atoms with Gasteiger partial charge in [-0.05, 0) is 18.6 Å². The summed E-state index contributed by atoms with van der Waals surface area (Å²) in [6.07, 6.45) is 3.21. The first kappa shape index (κ1) is 9.99. The third-order valence-corrected chi connectivity index (χ3v) is 1.97. The van der Waals surface area contributed by atoms with Crippen LogP contribution in [0.2, 0.25) is 0 Å². The van der Waals surface area contributed by atoms with Crippen LogP contribution in [-0.4, -0.2) is 11.8 Å². The van der Waals surface area contributed by atoms with E-state index in [0.29, 0.717) is 18.6 Å². The first-order chi connectivity index (χ1) is 6.22. The molecule has 0 radical (unpaired) electrons. The topological polar surface area (TPSA) is 56.2 Å². The number of furan rings is 1. The Morgan fingerprint density at radius 2 is 2.46 bits per heavy atom. The third-order valence-electron chi connectivity index (χ3n) is 1.97. The molecule has 1 rings (SSSR count). The number of Topliss-reactive ketones (excluding diaryl/α,β-unsaturated/α-hetero) is 1. The van der Waals surface area contributed by atoms with E-state index in [-0.39, 0.29) is 11.8 Å². The summed E-state index contributed by atoms with van der Waals surface area (Å²) in [5, 5.41) is 0. The van der Waals surface area contributed by atoms with E-state index in [2.05, 4.69) is 0 Å². The number of ketones is 1. The number of carbonyl (C=O) groups excluding carboxylic acids is 1. The third kappa shape index (κ3) is 3.42. The van der Waals surface area contributed by atoms with Crippen LogP contribution in [0.15, 0.2) is 22.8 Å². The summed E-state index contributed by atoms with van der Waals surface area (Å²) in [6.45, 7) is 1.98. The van der Waals surface area contributed by atoms with E-state index >= 15 is 0 Å². The van der Waals surface area contributed by atoms with Gasteiger partial charge in [-0.25, -0.2) is 0 Å². The van der Waals surface area contributed by atoms with Crippen LogP contribution >= 0.6 is 0 Å². The van der Waals surface area contributed by atoms with Crippen molar-refractivity contribution in [1.82, 2.24) is 0 Å². The predicted molar refractivity (Wildman–Crippen MR) is 50.3 cm³/mol. The standard InChI is InChI=1S/C10H15NO2/c1-2-8(11)6-9(12)7-10-4-3-5-13-10/h3-5,8H,2,6-7,11H2,1H3. The largest absolute Gasteiger partial charge is 0.469 e. The first-order valence-electron chi connectivity index (χ1n) is 4.52. The van der Waals surface area contributed by atoms with Crippen LogP contribution in [0, 0.1) is 0 Å². The maximum atomic E-state index is 11.3. The Balaban J connectivity index is 2.34. The van der Waals surface area contributed by atoms with Crippen molar-refractivity contribution in [2.24, 2.45) is 5.73 Å². The lowest BCUT2D eigenvalue weighted by atomic mass is 10.1. The van der Waals surface area contributed by atoms with Gasteiger partial charge in [0.1, 0.15) is 11.5 Å². The molecule has 0 saturated carbocycles. The van der Waals surface area contributed by atoms with Crippen molar-refractivity contribution in [1.29, 1.82) is 0 Å². The lowest BCUT2D eigenvalue weighted by Crippen LogP contribution is -2.23. The van der Waals surface area contributed by atoms with Crippen molar-refractivity contribution in [3.05, 3.63) is 24.2 Å². The molecule has 3 nitrogen and oxygen atoms in total. The Labute approximate surface area is 77.9 Å². The van der Waals surface area contributed by atoms with E-state index in [1.54, 1.807) is 18.4 Å². The zero-order valence-corrected chi connectivity index (χ0v) is 7.82. The van der Waals surface area contributed by atoms with Gasteiger partial charge in [-0.1, -0.05) is 6.92 Å². The van der Waals surface area contributed by atoms with Gasteiger partial charge in [-0.2, -0.15) is 0 Å². The first-order valence-corrected chi connectivity index (χ1v) is 4.52. The summed E-state index contributed by atoms with van der Waals surface area (Å²) in [5.74, 6) is 0.859. The monoisotopic (exact) mass is 181 g/mol. The minimum absolute atomic E-state index is 0.0116. The molecule has 0 amide bonds. The second-order valence-corrected chi connectivity index (χ2v) is 3.17. The molecule has 13 heavy (non-hydrogen) atoms. The predicted octanol–water partition coefficient (Wildman–Crippen LogP) is 1.52. The van der Waals surface area contributed by atoms with Crippen molar-refractivity contribution < 1.29 is 9.21 Å². The minimum Gasteiger partial charge on any atom is -0.469 e. The normalized spacial score (nSPS) is 12.8. The van der Waals surface area contributed by atoms with Crippen molar-refractivity contribution in [2.75, 3.05) is 0 Å². The number of nitrogens with two attached hydrogens (primary N) is 1. The van der Waals surface area contributed by atoms with Crippen LogP contribution in [0.25, 0.3) is 0 Å². The zero-order chi connectivity index (χ0) is 9.68. The van der Waals surface area contributed by atoms with E-state index in [9.17, 15) is 4.79 Å². The molecule has 0 aromatic carbocycles. The molecule has 0 aliphatic carbocycles.